The maximum Gasteiger partial charge on any atom is 0.374 e. The number of aromatic amines is 1. The van der Waals surface area contributed by atoms with Gasteiger partial charge in [-0.3, -0.25) is 0 Å². The molecule has 0 unspecified atom stereocenters. The molecule has 2 aromatic rings. The number of ether oxygens (including phenoxy) is 1. The Labute approximate surface area is 85.7 Å². The van der Waals surface area contributed by atoms with Gasteiger partial charge >= 0.3 is 5.97 Å². The first-order chi connectivity index (χ1) is 7.24. The molecule has 0 spiro atoms. The van der Waals surface area contributed by atoms with E-state index < -0.39 is 5.97 Å². The number of imidazole rings is 1. The number of nitrogens with one attached hydrogen (secondary N) is 2. The fourth-order valence-corrected chi connectivity index (χ4v) is 1.23. The van der Waals surface area contributed by atoms with Crippen LogP contribution in [0.2, 0.25) is 0 Å². The molecular weight excluding hydrogens is 196 g/mol. The zero-order chi connectivity index (χ0) is 10.8. The van der Waals surface area contributed by atoms with Crippen molar-refractivity contribution in [2.45, 2.75) is 0 Å². The highest BCUT2D eigenvalue weighted by molar-refractivity contribution is 5.89. The molecule has 0 aliphatic rings. The number of esters is 1. The molecule has 6 nitrogen and oxygen atoms in total. The minimum Gasteiger partial charge on any atom is -0.463 e. The molecule has 6 heteroatoms. The lowest BCUT2D eigenvalue weighted by atomic mass is 10.4. The van der Waals surface area contributed by atoms with Crippen LogP contribution in [0.1, 0.15) is 10.6 Å². The molecule has 78 valence electrons. The molecule has 0 fully saturated rings. The zero-order valence-electron chi connectivity index (χ0n) is 8.37. The third-order valence-corrected chi connectivity index (χ3v) is 1.98. The van der Waals surface area contributed by atoms with Crippen molar-refractivity contribution in [1.29, 1.82) is 0 Å². The van der Waals surface area contributed by atoms with Gasteiger partial charge in [-0.1, -0.05) is 0 Å². The van der Waals surface area contributed by atoms with E-state index in [1.165, 1.54) is 7.11 Å². The van der Waals surface area contributed by atoms with Crippen LogP contribution in [0.25, 0.3) is 11.2 Å². The monoisotopic (exact) mass is 206 g/mol. The lowest BCUT2D eigenvalue weighted by molar-refractivity contribution is 0.0588. The third kappa shape index (κ3) is 1.61. The van der Waals surface area contributed by atoms with Gasteiger partial charge in [0, 0.05) is 7.05 Å². The highest BCUT2D eigenvalue weighted by Crippen LogP contribution is 2.12. The Morgan fingerprint density at radius 2 is 2.27 bits per heavy atom. The van der Waals surface area contributed by atoms with E-state index in [0.29, 0.717) is 17.0 Å². The Morgan fingerprint density at radius 1 is 1.47 bits per heavy atom. The number of methoxy groups -OCH3 is 1. The van der Waals surface area contributed by atoms with Gasteiger partial charge in [0.15, 0.2) is 5.65 Å². The largest absolute Gasteiger partial charge is 0.463 e. The second kappa shape index (κ2) is 3.56. The molecule has 0 aromatic carbocycles. The van der Waals surface area contributed by atoms with E-state index in [-0.39, 0.29) is 5.82 Å². The van der Waals surface area contributed by atoms with Crippen molar-refractivity contribution in [1.82, 2.24) is 15.0 Å². The van der Waals surface area contributed by atoms with E-state index in [1.54, 1.807) is 19.2 Å². The maximum atomic E-state index is 11.2. The fraction of sp³-hybridized carbons (Fsp3) is 0.222. The molecule has 0 aliphatic heterocycles. The maximum absolute atomic E-state index is 11.2. The van der Waals surface area contributed by atoms with E-state index in [4.69, 9.17) is 0 Å². The van der Waals surface area contributed by atoms with E-state index in [1.807, 2.05) is 0 Å². The van der Waals surface area contributed by atoms with Gasteiger partial charge in [-0.05, 0) is 12.1 Å². The number of carbonyl (C=O) groups excluding carboxylic acids is 1. The summed E-state index contributed by atoms with van der Waals surface area (Å²) >= 11 is 0. The molecule has 0 saturated carbocycles. The summed E-state index contributed by atoms with van der Waals surface area (Å²) in [4.78, 5) is 22.2. The summed E-state index contributed by atoms with van der Waals surface area (Å²) in [5.74, 6) is 0.359. The molecule has 2 N–H and O–H groups in total. The second-order valence-electron chi connectivity index (χ2n) is 2.89. The Hall–Kier alpha value is -2.11. The highest BCUT2D eigenvalue weighted by atomic mass is 16.5. The van der Waals surface area contributed by atoms with Gasteiger partial charge in [0.25, 0.3) is 0 Å². The van der Waals surface area contributed by atoms with Gasteiger partial charge in [-0.2, -0.15) is 0 Å². The number of aromatic nitrogens is 3. The number of anilines is 1. The van der Waals surface area contributed by atoms with Crippen molar-refractivity contribution in [2.75, 3.05) is 19.5 Å². The fourth-order valence-electron chi connectivity index (χ4n) is 1.23. The van der Waals surface area contributed by atoms with Gasteiger partial charge in [-0.25, -0.2) is 14.8 Å². The first-order valence-electron chi connectivity index (χ1n) is 4.37. The number of rotatable bonds is 2. The Kier molecular flexibility index (Phi) is 2.24. The third-order valence-electron chi connectivity index (χ3n) is 1.98. The molecular formula is C9H10N4O2. The topological polar surface area (TPSA) is 79.9 Å². The van der Waals surface area contributed by atoms with Gasteiger partial charge in [0.1, 0.15) is 5.82 Å². The Balaban J connectivity index is 2.51. The van der Waals surface area contributed by atoms with Crippen molar-refractivity contribution >= 4 is 23.0 Å². The first-order valence-corrected chi connectivity index (χ1v) is 4.37. The molecule has 0 amide bonds. The van der Waals surface area contributed by atoms with Crippen LogP contribution < -0.4 is 5.32 Å². The highest BCUT2D eigenvalue weighted by Gasteiger charge is 2.11. The number of hydrogen-bond acceptors (Lipinski definition) is 5. The Bertz CT molecular complexity index is 506. The van der Waals surface area contributed by atoms with Crippen LogP contribution >= 0.6 is 0 Å². The quantitative estimate of drug-likeness (QED) is 0.710. The molecule has 0 saturated heterocycles. The summed E-state index contributed by atoms with van der Waals surface area (Å²) in [6.07, 6.45) is 0. The molecule has 2 aromatic heterocycles. The van der Waals surface area contributed by atoms with Gasteiger partial charge in [-0.15, -0.1) is 0 Å². The number of hydrogen-bond donors (Lipinski definition) is 2. The van der Waals surface area contributed by atoms with Crippen LogP contribution in [-0.4, -0.2) is 35.1 Å². The van der Waals surface area contributed by atoms with Crippen LogP contribution in [0.3, 0.4) is 0 Å². The average molecular weight is 206 g/mol. The summed E-state index contributed by atoms with van der Waals surface area (Å²) < 4.78 is 4.55. The Morgan fingerprint density at radius 3 is 2.93 bits per heavy atom. The van der Waals surface area contributed by atoms with Crippen LogP contribution in [0, 0.1) is 0 Å². The van der Waals surface area contributed by atoms with Gasteiger partial charge < -0.3 is 15.0 Å². The van der Waals surface area contributed by atoms with Crippen molar-refractivity contribution < 1.29 is 9.53 Å². The molecule has 15 heavy (non-hydrogen) atoms. The van der Waals surface area contributed by atoms with Gasteiger partial charge in [0.2, 0.25) is 5.82 Å². The molecule has 0 radical (unpaired) electrons. The van der Waals surface area contributed by atoms with Crippen LogP contribution in [0.4, 0.5) is 5.82 Å². The van der Waals surface area contributed by atoms with E-state index in [0.717, 1.165) is 0 Å². The van der Waals surface area contributed by atoms with Crippen molar-refractivity contribution in [3.05, 3.63) is 18.0 Å². The summed E-state index contributed by atoms with van der Waals surface area (Å²) in [6.45, 7) is 0. The average Bonchev–Trinajstić information content (AvgIpc) is 2.70. The molecule has 0 bridgehead atoms. The van der Waals surface area contributed by atoms with Crippen molar-refractivity contribution in [2.24, 2.45) is 0 Å². The predicted octanol–water partition coefficient (Wildman–Crippen LogP) is 0.786. The molecule has 2 rings (SSSR count). The summed E-state index contributed by atoms with van der Waals surface area (Å²) in [6, 6.07) is 3.59. The molecule has 0 aliphatic carbocycles. The predicted molar refractivity (Wildman–Crippen MR) is 54.8 cm³/mol. The standard InChI is InChI=1S/C9H10N4O2/c1-10-6-4-3-5-7(12-6)13-8(11-5)9(14)15-2/h3-4H,1-2H3,(H2,10,11,12,13). The minimum atomic E-state index is -0.501. The number of pyridine rings is 1. The van der Waals surface area contributed by atoms with Gasteiger partial charge in [0.05, 0.1) is 12.6 Å². The van der Waals surface area contributed by atoms with Crippen LogP contribution in [0.15, 0.2) is 12.1 Å². The normalized spacial score (nSPS) is 10.3. The molecule has 0 atom stereocenters. The van der Waals surface area contributed by atoms with Crippen molar-refractivity contribution in [3.63, 3.8) is 0 Å². The zero-order valence-corrected chi connectivity index (χ0v) is 8.37. The second-order valence-corrected chi connectivity index (χ2v) is 2.89. The lowest BCUT2D eigenvalue weighted by Crippen LogP contribution is -2.02. The minimum absolute atomic E-state index is 0.160. The lowest BCUT2D eigenvalue weighted by Gasteiger charge is -1.95. The van der Waals surface area contributed by atoms with E-state index in [2.05, 4.69) is 25.0 Å². The number of nitrogens with zero attached hydrogens (tertiary/aromatic N) is 2. The van der Waals surface area contributed by atoms with Crippen LogP contribution in [0.5, 0.6) is 0 Å². The molecule has 2 heterocycles. The summed E-state index contributed by atoms with van der Waals surface area (Å²) in [5.41, 5.74) is 1.19. The smallest absolute Gasteiger partial charge is 0.374 e. The van der Waals surface area contributed by atoms with Crippen molar-refractivity contribution in [3.8, 4) is 0 Å². The number of fused-ring (bicyclic) bond motifs is 1. The SMILES string of the molecule is CNc1ccc2[nH]c(C(=O)OC)nc2n1. The summed E-state index contributed by atoms with van der Waals surface area (Å²) in [5, 5.41) is 2.89. The van der Waals surface area contributed by atoms with E-state index in [9.17, 15) is 4.79 Å². The summed E-state index contributed by atoms with van der Waals surface area (Å²) in [7, 11) is 3.07. The number of H-pyrrole nitrogens is 1. The first kappa shape index (κ1) is 9.45. The number of carbonyl (C=O) groups is 1. The van der Waals surface area contributed by atoms with Crippen LogP contribution in [-0.2, 0) is 4.74 Å². The van der Waals surface area contributed by atoms with E-state index >= 15 is 0 Å².